The maximum absolute atomic E-state index is 14.4. The molecular formula is C42H56F6N12O6S2. The van der Waals surface area contributed by atoms with Crippen molar-refractivity contribution in [3.63, 3.8) is 0 Å². The smallest absolute Gasteiger partial charge is 0.416 e. The number of hydrogen-bond acceptors (Lipinski definition) is 12. The molecule has 0 spiro atoms. The lowest BCUT2D eigenvalue weighted by Crippen LogP contribution is -2.31. The molecule has 374 valence electrons. The number of benzene rings is 3. The number of rotatable bonds is 26. The van der Waals surface area contributed by atoms with Gasteiger partial charge in [-0.15, -0.1) is 23.5 Å². The number of ether oxygens (including phenoxy) is 2. The van der Waals surface area contributed by atoms with Gasteiger partial charge >= 0.3 is 12.4 Å². The Labute approximate surface area is 397 Å². The molecule has 3 aromatic carbocycles. The van der Waals surface area contributed by atoms with Crippen molar-refractivity contribution in [3.05, 3.63) is 58.7 Å². The summed E-state index contributed by atoms with van der Waals surface area (Å²) in [4.78, 5) is 54.7. The number of halogens is 6. The molecule has 0 bridgehead atoms. The van der Waals surface area contributed by atoms with Crippen molar-refractivity contribution >= 4 is 81.8 Å². The number of thioether (sulfide) groups is 2. The summed E-state index contributed by atoms with van der Waals surface area (Å²) in [5.41, 5.74) is 6.13. The second-order valence-corrected chi connectivity index (χ2v) is 16.8. The van der Waals surface area contributed by atoms with Crippen LogP contribution in [-0.4, -0.2) is 102 Å². The Morgan fingerprint density at radius 2 is 0.912 bits per heavy atom. The van der Waals surface area contributed by atoms with Gasteiger partial charge in [0, 0.05) is 56.6 Å². The third-order valence-electron chi connectivity index (χ3n) is 9.38. The predicted octanol–water partition coefficient (Wildman–Crippen LogP) is 6.05. The zero-order valence-electron chi connectivity index (χ0n) is 37.6. The summed E-state index contributed by atoms with van der Waals surface area (Å²) in [6, 6.07) is 5.01. The van der Waals surface area contributed by atoms with Crippen molar-refractivity contribution in [2.75, 3.05) is 87.3 Å². The van der Waals surface area contributed by atoms with E-state index < -0.39 is 58.2 Å². The molecule has 0 aliphatic rings. The van der Waals surface area contributed by atoms with Crippen LogP contribution in [0.4, 0.5) is 49.1 Å². The SMILES string of the molecule is CNCCSc1c(NC(=O)CCCCNC(=N)N)cc(C(F)(F)F)cc1NC(=O)c1cc(C(=O)Nc2cc(C(F)(F)F)cc(NC(=O)CCCCNC(=N)N)c2SCCNC)c(OC)cc1OC. The number of guanidine groups is 2. The average Bonchev–Trinajstić information content (AvgIpc) is 3.26. The van der Waals surface area contributed by atoms with Crippen molar-refractivity contribution in [2.24, 2.45) is 11.5 Å². The monoisotopic (exact) mass is 1000 g/mol. The molecule has 18 nitrogen and oxygen atoms in total. The van der Waals surface area contributed by atoms with Gasteiger partial charge < -0.3 is 63.5 Å². The molecule has 0 radical (unpaired) electrons. The van der Waals surface area contributed by atoms with Crippen molar-refractivity contribution in [1.82, 2.24) is 21.3 Å². The maximum atomic E-state index is 14.4. The normalized spacial score (nSPS) is 11.3. The van der Waals surface area contributed by atoms with Gasteiger partial charge in [-0.05, 0) is 70.1 Å². The first-order chi connectivity index (χ1) is 32.1. The second kappa shape index (κ2) is 27.0. The van der Waals surface area contributed by atoms with Crippen LogP contribution in [-0.2, 0) is 21.9 Å². The summed E-state index contributed by atoms with van der Waals surface area (Å²) in [6.07, 6.45) is -8.64. The maximum Gasteiger partial charge on any atom is 0.416 e. The third kappa shape index (κ3) is 17.8. The van der Waals surface area contributed by atoms with Crippen LogP contribution in [0.3, 0.4) is 0 Å². The zero-order valence-corrected chi connectivity index (χ0v) is 39.3. The van der Waals surface area contributed by atoms with Gasteiger partial charge in [-0.3, -0.25) is 30.0 Å². The lowest BCUT2D eigenvalue weighted by atomic mass is 10.1. The number of anilines is 4. The molecule has 0 aliphatic carbocycles. The first kappa shape index (κ1) is 56.2. The van der Waals surface area contributed by atoms with E-state index in [1.165, 1.54) is 14.2 Å². The van der Waals surface area contributed by atoms with Crippen molar-refractivity contribution in [3.8, 4) is 11.5 Å². The molecule has 0 aromatic heterocycles. The highest BCUT2D eigenvalue weighted by Crippen LogP contribution is 2.44. The molecule has 3 rings (SSSR count). The van der Waals surface area contributed by atoms with Crippen molar-refractivity contribution in [1.29, 1.82) is 10.8 Å². The number of amides is 4. The van der Waals surface area contributed by atoms with Gasteiger partial charge in [0.05, 0.1) is 69.0 Å². The summed E-state index contributed by atoms with van der Waals surface area (Å²) < 4.78 is 97.2. The van der Waals surface area contributed by atoms with Crippen LogP contribution in [0.5, 0.6) is 11.5 Å². The number of nitrogens with one attached hydrogen (secondary N) is 10. The number of hydrogen-bond donors (Lipinski definition) is 12. The molecule has 0 unspecified atom stereocenters. The Hall–Kier alpha value is -6.12. The number of carbonyl (C=O) groups is 4. The standard InChI is InChI=1S/C42H56F6N12O6S2/c1-53-13-15-67-35-27(57-33(61)9-5-7-11-55-39(49)50)17-23(41(43,44)45)19-29(35)59-37(63)25-21-26(32(66-4)22-31(25)65-3)38(64)60-30-20-24(42(46,47)48)18-28(36(30)68-16-14-54-2)58-34(62)10-6-8-12-56-40(51)52/h17-22,53-54H,5-16H2,1-4H3,(H,57,61)(H,58,62)(H,59,63)(H,60,64)(H4,49,50,55)(H4,51,52,56). The van der Waals surface area contributed by atoms with Gasteiger partial charge in [-0.1, -0.05) is 0 Å². The molecule has 68 heavy (non-hydrogen) atoms. The summed E-state index contributed by atoms with van der Waals surface area (Å²) in [5, 5.41) is 35.5. The minimum Gasteiger partial charge on any atom is -0.496 e. The Bertz CT molecular complexity index is 2120. The lowest BCUT2D eigenvalue weighted by molar-refractivity contribution is -0.138. The fourth-order valence-electron chi connectivity index (χ4n) is 6.10. The summed E-state index contributed by atoms with van der Waals surface area (Å²) in [6.45, 7) is 1.33. The number of unbranched alkanes of at least 4 members (excludes halogenated alkanes) is 2. The molecule has 0 aliphatic heterocycles. The molecule has 3 aromatic rings. The molecule has 14 N–H and O–H groups in total. The highest BCUT2D eigenvalue weighted by Gasteiger charge is 2.35. The molecule has 0 saturated heterocycles. The Balaban J connectivity index is 2.11. The average molecular weight is 1000 g/mol. The van der Waals surface area contributed by atoms with Crippen molar-refractivity contribution in [2.45, 2.75) is 60.7 Å². The number of alkyl halides is 6. The van der Waals surface area contributed by atoms with Gasteiger partial charge in [0.15, 0.2) is 11.9 Å². The second-order valence-electron chi connectivity index (χ2n) is 14.6. The van der Waals surface area contributed by atoms with E-state index in [1.54, 1.807) is 14.1 Å². The van der Waals surface area contributed by atoms with E-state index in [1.807, 2.05) is 0 Å². The predicted molar refractivity (Wildman–Crippen MR) is 252 cm³/mol. The Morgan fingerprint density at radius 1 is 0.559 bits per heavy atom. The van der Waals surface area contributed by atoms with Crippen LogP contribution in [0.15, 0.2) is 46.2 Å². The lowest BCUT2D eigenvalue weighted by Gasteiger charge is -2.21. The van der Waals surface area contributed by atoms with Crippen LogP contribution >= 0.6 is 23.5 Å². The Morgan fingerprint density at radius 3 is 1.22 bits per heavy atom. The highest BCUT2D eigenvalue weighted by atomic mass is 32.2. The summed E-state index contributed by atoms with van der Waals surface area (Å²) in [5.74, 6) is -3.78. The van der Waals surface area contributed by atoms with E-state index >= 15 is 0 Å². The first-order valence-electron chi connectivity index (χ1n) is 20.8. The molecule has 4 amide bonds. The van der Waals surface area contributed by atoms with E-state index in [2.05, 4.69) is 42.5 Å². The van der Waals surface area contributed by atoms with Crippen LogP contribution in [0, 0.1) is 10.8 Å². The first-order valence-corrected chi connectivity index (χ1v) is 22.8. The van der Waals surface area contributed by atoms with Gasteiger partial charge in [-0.25, -0.2) is 0 Å². The van der Waals surface area contributed by atoms with Crippen LogP contribution < -0.4 is 63.5 Å². The summed E-state index contributed by atoms with van der Waals surface area (Å²) in [7, 11) is 5.65. The van der Waals surface area contributed by atoms with E-state index in [0.717, 1.165) is 47.8 Å². The molecule has 0 saturated carbocycles. The molecule has 0 atom stereocenters. The van der Waals surface area contributed by atoms with Crippen LogP contribution in [0.2, 0.25) is 0 Å². The molecule has 0 heterocycles. The topological polar surface area (TPSA) is 283 Å². The van der Waals surface area contributed by atoms with Crippen molar-refractivity contribution < 1.29 is 55.0 Å². The van der Waals surface area contributed by atoms with E-state index in [4.69, 9.17) is 31.8 Å². The fraction of sp³-hybridized carbons (Fsp3) is 0.429. The minimum atomic E-state index is -4.94. The highest BCUT2D eigenvalue weighted by molar-refractivity contribution is 7.99. The summed E-state index contributed by atoms with van der Waals surface area (Å²) >= 11 is 2.06. The largest absolute Gasteiger partial charge is 0.496 e. The van der Waals surface area contributed by atoms with Gasteiger partial charge in [0.2, 0.25) is 11.8 Å². The number of carbonyl (C=O) groups excluding carboxylic acids is 4. The Kier molecular flexibility index (Phi) is 22.3. The van der Waals surface area contributed by atoms with E-state index in [9.17, 15) is 45.5 Å². The minimum absolute atomic E-state index is 0.0689. The van der Waals surface area contributed by atoms with E-state index in [0.29, 0.717) is 64.0 Å². The number of nitrogens with two attached hydrogens (primary N) is 2. The zero-order chi connectivity index (χ0) is 50.6. The van der Waals surface area contributed by atoms with E-state index in [-0.39, 0.29) is 80.3 Å². The number of methoxy groups -OCH3 is 2. The quantitative estimate of drug-likeness (QED) is 0.0143. The van der Waals surface area contributed by atoms with Gasteiger partial charge in [0.25, 0.3) is 11.8 Å². The fourth-order valence-corrected chi connectivity index (χ4v) is 8.19. The van der Waals surface area contributed by atoms with Crippen LogP contribution in [0.25, 0.3) is 0 Å². The van der Waals surface area contributed by atoms with Gasteiger partial charge in [-0.2, -0.15) is 26.3 Å². The van der Waals surface area contributed by atoms with Crippen LogP contribution in [0.1, 0.15) is 70.4 Å². The van der Waals surface area contributed by atoms with Gasteiger partial charge in [0.1, 0.15) is 11.5 Å². The molecular weight excluding hydrogens is 947 g/mol. The molecule has 0 fully saturated rings. The third-order valence-corrected chi connectivity index (χ3v) is 11.7. The molecule has 26 heteroatoms.